The summed E-state index contributed by atoms with van der Waals surface area (Å²) in [6.45, 7) is 4.77. The summed E-state index contributed by atoms with van der Waals surface area (Å²) in [7, 11) is 0. The van der Waals surface area contributed by atoms with Crippen LogP contribution in [-0.2, 0) is 5.54 Å². The van der Waals surface area contributed by atoms with Crippen LogP contribution in [0, 0.1) is 5.82 Å². The van der Waals surface area contributed by atoms with Crippen LogP contribution >= 0.6 is 0 Å². The van der Waals surface area contributed by atoms with Crippen molar-refractivity contribution in [2.45, 2.75) is 18.9 Å². The van der Waals surface area contributed by atoms with Crippen LogP contribution in [0.1, 0.15) is 18.9 Å². The zero-order chi connectivity index (χ0) is 14.7. The van der Waals surface area contributed by atoms with Crippen LogP contribution in [0.5, 0.6) is 0 Å². The summed E-state index contributed by atoms with van der Waals surface area (Å²) in [5, 5.41) is 3.63. The molecule has 2 aromatic rings. The van der Waals surface area contributed by atoms with Crippen molar-refractivity contribution in [3.8, 4) is 0 Å². The van der Waals surface area contributed by atoms with Crippen LogP contribution in [0.15, 0.2) is 54.6 Å². The first-order valence-corrected chi connectivity index (χ1v) is 7.49. The summed E-state index contributed by atoms with van der Waals surface area (Å²) >= 11 is 0. The quantitative estimate of drug-likeness (QED) is 0.907. The first-order chi connectivity index (χ1) is 10.2. The third-order valence-electron chi connectivity index (χ3n) is 4.23. The molecule has 1 aliphatic rings. The van der Waals surface area contributed by atoms with E-state index in [1.807, 2.05) is 18.2 Å². The molecule has 1 unspecified atom stereocenters. The largest absolute Gasteiger partial charge is 0.367 e. The normalized spacial score (nSPS) is 22.9. The zero-order valence-corrected chi connectivity index (χ0v) is 12.3. The highest BCUT2D eigenvalue weighted by Crippen LogP contribution is 2.28. The molecule has 0 aromatic heterocycles. The van der Waals surface area contributed by atoms with Gasteiger partial charge in [0, 0.05) is 13.1 Å². The summed E-state index contributed by atoms with van der Waals surface area (Å²) < 4.78 is 14.1. The van der Waals surface area contributed by atoms with Crippen molar-refractivity contribution >= 4 is 5.69 Å². The molecule has 2 nitrogen and oxygen atoms in total. The summed E-state index contributed by atoms with van der Waals surface area (Å²) in [6.07, 6.45) is 1.01. The zero-order valence-electron chi connectivity index (χ0n) is 12.3. The van der Waals surface area contributed by atoms with Gasteiger partial charge in [0.05, 0.1) is 11.2 Å². The smallest absolute Gasteiger partial charge is 0.146 e. The Balaban J connectivity index is 1.93. The lowest BCUT2D eigenvalue weighted by Gasteiger charge is -2.35. The molecule has 1 fully saturated rings. The van der Waals surface area contributed by atoms with E-state index in [1.54, 1.807) is 6.07 Å². The van der Waals surface area contributed by atoms with Crippen LogP contribution in [0.3, 0.4) is 0 Å². The van der Waals surface area contributed by atoms with Crippen molar-refractivity contribution < 1.29 is 4.39 Å². The van der Waals surface area contributed by atoms with E-state index in [0.29, 0.717) is 5.69 Å². The molecule has 2 aromatic carbocycles. The fourth-order valence-corrected chi connectivity index (χ4v) is 3.06. The van der Waals surface area contributed by atoms with Gasteiger partial charge in [-0.25, -0.2) is 4.39 Å². The molecule has 0 amide bonds. The molecular formula is C18H21FN2. The second kappa shape index (κ2) is 5.86. The van der Waals surface area contributed by atoms with E-state index >= 15 is 0 Å². The number of hydrogen-bond donors (Lipinski definition) is 1. The van der Waals surface area contributed by atoms with Gasteiger partial charge in [-0.1, -0.05) is 42.5 Å². The van der Waals surface area contributed by atoms with Gasteiger partial charge in [-0.05, 0) is 37.6 Å². The lowest BCUT2D eigenvalue weighted by molar-refractivity contribution is 0.391. The Hall–Kier alpha value is -1.87. The fraction of sp³-hybridized carbons (Fsp3) is 0.333. The standard InChI is InChI=1S/C18H21FN2/c1-18(15-8-3-2-4-9-15)14-21(13-7-12-20-18)17-11-6-5-10-16(17)19/h2-6,8-11,20H,7,12-14H2,1H3. The minimum atomic E-state index is -0.167. The first kappa shape index (κ1) is 14.1. The lowest BCUT2D eigenvalue weighted by Crippen LogP contribution is -2.46. The van der Waals surface area contributed by atoms with Gasteiger partial charge in [0.15, 0.2) is 0 Å². The van der Waals surface area contributed by atoms with Gasteiger partial charge in [0.2, 0.25) is 0 Å². The number of benzene rings is 2. The highest BCUT2D eigenvalue weighted by Gasteiger charge is 2.31. The Labute approximate surface area is 125 Å². The minimum absolute atomic E-state index is 0.144. The molecule has 0 saturated carbocycles. The van der Waals surface area contributed by atoms with E-state index in [0.717, 1.165) is 26.1 Å². The van der Waals surface area contributed by atoms with Crippen molar-refractivity contribution in [3.63, 3.8) is 0 Å². The summed E-state index contributed by atoms with van der Waals surface area (Å²) in [4.78, 5) is 2.16. The maximum absolute atomic E-state index is 14.1. The van der Waals surface area contributed by atoms with Gasteiger partial charge in [-0.2, -0.15) is 0 Å². The average molecular weight is 284 g/mol. The number of anilines is 1. The first-order valence-electron chi connectivity index (χ1n) is 7.49. The molecule has 0 radical (unpaired) electrons. The number of nitrogens with one attached hydrogen (secondary N) is 1. The molecule has 110 valence electrons. The maximum atomic E-state index is 14.1. The third-order valence-corrected chi connectivity index (χ3v) is 4.23. The van der Waals surface area contributed by atoms with Crippen molar-refractivity contribution in [1.82, 2.24) is 5.32 Å². The lowest BCUT2D eigenvalue weighted by atomic mass is 9.91. The minimum Gasteiger partial charge on any atom is -0.367 e. The fourth-order valence-electron chi connectivity index (χ4n) is 3.06. The van der Waals surface area contributed by atoms with Gasteiger partial charge in [-0.3, -0.25) is 0 Å². The van der Waals surface area contributed by atoms with Gasteiger partial charge >= 0.3 is 0 Å². The van der Waals surface area contributed by atoms with Crippen molar-refractivity contribution in [2.24, 2.45) is 0 Å². The second-order valence-corrected chi connectivity index (χ2v) is 5.85. The van der Waals surface area contributed by atoms with Gasteiger partial charge in [0.25, 0.3) is 0 Å². The van der Waals surface area contributed by atoms with Crippen molar-refractivity contribution in [1.29, 1.82) is 0 Å². The van der Waals surface area contributed by atoms with E-state index in [9.17, 15) is 4.39 Å². The number of para-hydroxylation sites is 1. The van der Waals surface area contributed by atoms with Crippen LogP contribution in [0.25, 0.3) is 0 Å². The van der Waals surface area contributed by atoms with E-state index in [2.05, 4.69) is 41.4 Å². The van der Waals surface area contributed by atoms with Gasteiger partial charge < -0.3 is 10.2 Å². The van der Waals surface area contributed by atoms with E-state index in [-0.39, 0.29) is 11.4 Å². The van der Waals surface area contributed by atoms with Gasteiger partial charge in [-0.15, -0.1) is 0 Å². The summed E-state index contributed by atoms with van der Waals surface area (Å²) in [6, 6.07) is 17.5. The number of hydrogen-bond acceptors (Lipinski definition) is 2. The van der Waals surface area contributed by atoms with Crippen molar-refractivity contribution in [2.75, 3.05) is 24.5 Å². The molecule has 1 aliphatic heterocycles. The molecule has 3 rings (SSSR count). The Kier molecular flexibility index (Phi) is 3.93. The number of rotatable bonds is 2. The Morgan fingerprint density at radius 2 is 1.76 bits per heavy atom. The molecule has 0 aliphatic carbocycles. The Morgan fingerprint density at radius 3 is 2.52 bits per heavy atom. The highest BCUT2D eigenvalue weighted by atomic mass is 19.1. The predicted octanol–water partition coefficient (Wildman–Crippen LogP) is 3.54. The van der Waals surface area contributed by atoms with E-state index in [1.165, 1.54) is 11.6 Å². The van der Waals surface area contributed by atoms with Crippen LogP contribution in [-0.4, -0.2) is 19.6 Å². The number of nitrogens with zero attached hydrogens (tertiary/aromatic N) is 1. The van der Waals surface area contributed by atoms with Crippen molar-refractivity contribution in [3.05, 3.63) is 66.0 Å². The average Bonchev–Trinajstić information content (AvgIpc) is 2.72. The second-order valence-electron chi connectivity index (χ2n) is 5.85. The molecule has 1 saturated heterocycles. The molecule has 1 heterocycles. The molecule has 1 N–H and O–H groups in total. The molecular weight excluding hydrogens is 263 g/mol. The van der Waals surface area contributed by atoms with Crippen LogP contribution < -0.4 is 10.2 Å². The Morgan fingerprint density at radius 1 is 1.05 bits per heavy atom. The molecule has 1 atom stereocenters. The summed E-state index contributed by atoms with van der Waals surface area (Å²) in [5.41, 5.74) is 1.77. The molecule has 0 bridgehead atoms. The van der Waals surface area contributed by atoms with Crippen LogP contribution in [0.2, 0.25) is 0 Å². The van der Waals surface area contributed by atoms with Gasteiger partial charge in [0.1, 0.15) is 5.82 Å². The SMILES string of the molecule is CC1(c2ccccc2)CN(c2ccccc2F)CCCN1. The van der Waals surface area contributed by atoms with E-state index < -0.39 is 0 Å². The predicted molar refractivity (Wildman–Crippen MR) is 85.0 cm³/mol. The molecule has 0 spiro atoms. The molecule has 21 heavy (non-hydrogen) atoms. The third kappa shape index (κ3) is 2.93. The maximum Gasteiger partial charge on any atom is 0.146 e. The monoisotopic (exact) mass is 284 g/mol. The summed E-state index contributed by atoms with van der Waals surface area (Å²) in [5.74, 6) is -0.144. The molecule has 3 heteroatoms. The highest BCUT2D eigenvalue weighted by molar-refractivity contribution is 5.49. The number of halogens is 1. The van der Waals surface area contributed by atoms with E-state index in [4.69, 9.17) is 0 Å². The Bertz CT molecular complexity index is 599. The van der Waals surface area contributed by atoms with Crippen LogP contribution in [0.4, 0.5) is 10.1 Å². The topological polar surface area (TPSA) is 15.3 Å².